The third kappa shape index (κ3) is 3.83. The summed E-state index contributed by atoms with van der Waals surface area (Å²) in [5.41, 5.74) is 0.714. The number of rotatable bonds is 5. The molecular formula is C20H32O6S. The third-order valence-corrected chi connectivity index (χ3v) is 8.39. The van der Waals surface area contributed by atoms with Crippen LogP contribution in [-0.4, -0.2) is 30.7 Å². The van der Waals surface area contributed by atoms with Crippen LogP contribution in [-0.2, 0) is 19.4 Å². The molecule has 2 saturated carbocycles. The highest BCUT2D eigenvalue weighted by Crippen LogP contribution is 2.63. The van der Waals surface area contributed by atoms with Gasteiger partial charge in [-0.05, 0) is 74.5 Å². The van der Waals surface area contributed by atoms with Crippen molar-refractivity contribution in [2.24, 2.45) is 28.1 Å². The van der Waals surface area contributed by atoms with Gasteiger partial charge in [0.05, 0.1) is 12.0 Å². The molecule has 0 radical (unpaired) electrons. The fourth-order valence-corrected chi connectivity index (χ4v) is 6.64. The summed E-state index contributed by atoms with van der Waals surface area (Å²) in [7, 11) is -4.39. The van der Waals surface area contributed by atoms with Gasteiger partial charge in [0, 0.05) is 0 Å². The van der Waals surface area contributed by atoms with Crippen molar-refractivity contribution in [2.45, 2.75) is 72.1 Å². The molecule has 0 aliphatic heterocycles. The molecule has 0 spiro atoms. The van der Waals surface area contributed by atoms with Gasteiger partial charge in [-0.2, -0.15) is 8.42 Å². The van der Waals surface area contributed by atoms with Gasteiger partial charge in [-0.1, -0.05) is 31.9 Å². The van der Waals surface area contributed by atoms with Crippen LogP contribution in [0.15, 0.2) is 11.6 Å². The minimum atomic E-state index is -4.39. The average molecular weight is 401 g/mol. The van der Waals surface area contributed by atoms with E-state index in [2.05, 4.69) is 24.1 Å². The number of carbonyl (C=O) groups is 1. The predicted octanol–water partition coefficient (Wildman–Crippen LogP) is 4.23. The highest BCUT2D eigenvalue weighted by molar-refractivity contribution is 7.80. The van der Waals surface area contributed by atoms with E-state index in [0.717, 1.165) is 44.9 Å². The molecule has 0 aromatic heterocycles. The zero-order chi connectivity index (χ0) is 20.1. The lowest BCUT2D eigenvalue weighted by Gasteiger charge is -2.58. The van der Waals surface area contributed by atoms with E-state index in [1.54, 1.807) is 0 Å². The molecule has 2 fully saturated rings. The monoisotopic (exact) mass is 400 g/mol. The topological polar surface area (TPSA) is 101 Å². The second kappa shape index (κ2) is 6.85. The summed E-state index contributed by atoms with van der Waals surface area (Å²) in [4.78, 5) is 12.0. The first-order chi connectivity index (χ1) is 12.4. The lowest BCUT2D eigenvalue weighted by molar-refractivity contribution is -0.163. The third-order valence-electron chi connectivity index (χ3n) is 7.93. The number of aliphatic carboxylic acids is 1. The van der Waals surface area contributed by atoms with Gasteiger partial charge in [-0.15, -0.1) is 0 Å². The summed E-state index contributed by atoms with van der Waals surface area (Å²) in [6.07, 6.45) is 9.27. The zero-order valence-electron chi connectivity index (χ0n) is 16.5. The Balaban J connectivity index is 1.78. The molecule has 0 saturated heterocycles. The Morgan fingerprint density at radius 3 is 2.59 bits per heavy atom. The summed E-state index contributed by atoms with van der Waals surface area (Å²) in [5.74, 6) is -0.0960. The molecule has 5 atom stereocenters. The molecule has 27 heavy (non-hydrogen) atoms. The van der Waals surface area contributed by atoms with Crippen LogP contribution in [0.4, 0.5) is 0 Å². The lowest BCUT2D eigenvalue weighted by Crippen LogP contribution is -2.53. The molecule has 0 amide bonds. The van der Waals surface area contributed by atoms with Crippen LogP contribution in [0.2, 0.25) is 0 Å². The number of carboxylic acid groups (broad SMARTS) is 1. The first kappa shape index (κ1) is 20.8. The van der Waals surface area contributed by atoms with Crippen molar-refractivity contribution in [3.63, 3.8) is 0 Å². The molecule has 3 aliphatic rings. The average Bonchev–Trinajstić information content (AvgIpc) is 2.52. The van der Waals surface area contributed by atoms with E-state index < -0.39 is 21.8 Å². The van der Waals surface area contributed by atoms with E-state index in [0.29, 0.717) is 12.3 Å². The van der Waals surface area contributed by atoms with Crippen molar-refractivity contribution in [1.82, 2.24) is 0 Å². The van der Waals surface area contributed by atoms with Crippen LogP contribution >= 0.6 is 0 Å². The highest BCUT2D eigenvalue weighted by Gasteiger charge is 2.58. The second-order valence-electron chi connectivity index (χ2n) is 9.73. The summed E-state index contributed by atoms with van der Waals surface area (Å²) in [6.45, 7) is 6.36. The van der Waals surface area contributed by atoms with Gasteiger partial charge in [0.2, 0.25) is 0 Å². The Kier molecular flexibility index (Phi) is 5.28. The molecule has 0 heterocycles. The van der Waals surface area contributed by atoms with Crippen molar-refractivity contribution in [3.05, 3.63) is 11.6 Å². The molecule has 154 valence electrons. The predicted molar refractivity (Wildman–Crippen MR) is 101 cm³/mol. The Morgan fingerprint density at radius 2 is 1.96 bits per heavy atom. The molecule has 0 aromatic rings. The van der Waals surface area contributed by atoms with Gasteiger partial charge >= 0.3 is 16.4 Å². The number of carboxylic acids is 1. The lowest BCUT2D eigenvalue weighted by atomic mass is 9.45. The first-order valence-electron chi connectivity index (χ1n) is 9.94. The molecule has 3 aliphatic carbocycles. The van der Waals surface area contributed by atoms with Crippen molar-refractivity contribution in [2.75, 3.05) is 6.61 Å². The fraction of sp³-hybridized carbons (Fsp3) is 0.850. The first-order valence-corrected chi connectivity index (χ1v) is 11.3. The maximum Gasteiger partial charge on any atom is 0.397 e. The Hall–Kier alpha value is -0.920. The van der Waals surface area contributed by atoms with Crippen molar-refractivity contribution in [1.29, 1.82) is 0 Å². The van der Waals surface area contributed by atoms with E-state index in [1.807, 2.05) is 6.92 Å². The number of hydrogen-bond donors (Lipinski definition) is 2. The number of allylic oxidation sites excluding steroid dienone is 2. The molecule has 5 unspecified atom stereocenters. The molecule has 2 N–H and O–H groups in total. The summed E-state index contributed by atoms with van der Waals surface area (Å²) in [5, 5.41) is 9.89. The largest absolute Gasteiger partial charge is 0.481 e. The quantitative estimate of drug-likeness (QED) is 0.529. The van der Waals surface area contributed by atoms with E-state index in [4.69, 9.17) is 4.55 Å². The number of fused-ring (bicyclic) bond motifs is 3. The molecule has 0 bridgehead atoms. The van der Waals surface area contributed by atoms with Gasteiger partial charge in [0.25, 0.3) is 0 Å². The molecule has 7 heteroatoms. The van der Waals surface area contributed by atoms with E-state index >= 15 is 0 Å². The van der Waals surface area contributed by atoms with Gasteiger partial charge in [0.1, 0.15) is 0 Å². The summed E-state index contributed by atoms with van der Waals surface area (Å²) >= 11 is 0. The highest BCUT2D eigenvalue weighted by atomic mass is 32.3. The Labute approximate surface area is 162 Å². The second-order valence-corrected chi connectivity index (χ2v) is 10.8. The number of hydrogen-bond acceptors (Lipinski definition) is 4. The van der Waals surface area contributed by atoms with Gasteiger partial charge in [-0.3, -0.25) is 9.35 Å². The van der Waals surface area contributed by atoms with Crippen LogP contribution in [0.3, 0.4) is 0 Å². The van der Waals surface area contributed by atoms with Crippen molar-refractivity contribution in [3.8, 4) is 0 Å². The van der Waals surface area contributed by atoms with Crippen molar-refractivity contribution >= 4 is 16.4 Å². The van der Waals surface area contributed by atoms with Crippen LogP contribution in [0.25, 0.3) is 0 Å². The maximum atomic E-state index is 12.0. The fourth-order valence-electron chi connectivity index (χ4n) is 6.34. The SMILES string of the molecule is CC1(CCOS(=O)(=O)O)CCC2C(=CCC3C(C)(C(=O)O)CCCC23C)C1. The molecule has 0 aromatic carbocycles. The molecule has 3 rings (SSSR count). The minimum absolute atomic E-state index is 0.00966. The summed E-state index contributed by atoms with van der Waals surface area (Å²) < 4.78 is 34.9. The van der Waals surface area contributed by atoms with Gasteiger partial charge < -0.3 is 5.11 Å². The Bertz CT molecular complexity index is 744. The van der Waals surface area contributed by atoms with Crippen molar-refractivity contribution < 1.29 is 27.1 Å². The zero-order valence-corrected chi connectivity index (χ0v) is 17.3. The van der Waals surface area contributed by atoms with Crippen LogP contribution < -0.4 is 0 Å². The van der Waals surface area contributed by atoms with E-state index in [9.17, 15) is 18.3 Å². The Morgan fingerprint density at radius 1 is 1.26 bits per heavy atom. The summed E-state index contributed by atoms with van der Waals surface area (Å²) in [6, 6.07) is 0. The van der Waals surface area contributed by atoms with Crippen LogP contribution in [0.1, 0.15) is 72.1 Å². The van der Waals surface area contributed by atoms with Gasteiger partial charge in [-0.25, -0.2) is 4.18 Å². The van der Waals surface area contributed by atoms with Gasteiger partial charge in [0.15, 0.2) is 0 Å². The van der Waals surface area contributed by atoms with E-state index in [1.165, 1.54) is 5.57 Å². The minimum Gasteiger partial charge on any atom is -0.481 e. The normalized spacial score (nSPS) is 42.0. The maximum absolute atomic E-state index is 12.0. The van der Waals surface area contributed by atoms with Crippen LogP contribution in [0.5, 0.6) is 0 Å². The van der Waals surface area contributed by atoms with E-state index in [-0.39, 0.29) is 23.4 Å². The van der Waals surface area contributed by atoms with Crippen LogP contribution in [0, 0.1) is 28.1 Å². The molecule has 6 nitrogen and oxygen atoms in total. The smallest absolute Gasteiger partial charge is 0.397 e. The molecular weight excluding hydrogens is 368 g/mol. The standard InChI is InChI=1S/C20H32O6S/c1-18(11-12-26-27(23,24)25)10-7-15-14(13-18)5-6-16-19(15,2)8-4-9-20(16,3)17(21)22/h5,15-16H,4,6-13H2,1-3H3,(H,21,22)(H,23,24,25).